The normalized spacial score (nSPS) is 10.4. The Kier molecular flexibility index (Phi) is 5.69. The molecule has 9 heteroatoms. The van der Waals surface area contributed by atoms with E-state index in [0.29, 0.717) is 12.1 Å². The number of halogens is 5. The first-order valence-electron chi connectivity index (χ1n) is 6.34. The first-order valence-corrected chi connectivity index (χ1v) is 7.10. The zero-order valence-corrected chi connectivity index (χ0v) is 13.2. The van der Waals surface area contributed by atoms with E-state index in [-0.39, 0.29) is 15.7 Å². The summed E-state index contributed by atoms with van der Waals surface area (Å²) in [6, 6.07) is 4.66. The molecule has 0 fully saturated rings. The Morgan fingerprint density at radius 2 is 1.62 bits per heavy atom. The molecular weight excluding hydrogens is 370 g/mol. The quantitative estimate of drug-likeness (QED) is 0.641. The summed E-state index contributed by atoms with van der Waals surface area (Å²) in [7, 11) is 0. The molecule has 0 aliphatic rings. The van der Waals surface area contributed by atoms with Crippen molar-refractivity contribution in [2.45, 2.75) is 0 Å². The largest absolute Gasteiger partial charge is 0.452 e. The van der Waals surface area contributed by atoms with Gasteiger partial charge in [0.15, 0.2) is 18.2 Å². The van der Waals surface area contributed by atoms with E-state index in [1.807, 2.05) is 0 Å². The Hall–Kier alpha value is -2.25. The van der Waals surface area contributed by atoms with Crippen LogP contribution in [-0.4, -0.2) is 18.5 Å². The van der Waals surface area contributed by atoms with Crippen molar-refractivity contribution in [3.63, 3.8) is 0 Å². The topological polar surface area (TPSA) is 55.4 Å². The number of nitrogens with one attached hydrogen (secondary N) is 1. The van der Waals surface area contributed by atoms with E-state index in [2.05, 4.69) is 10.1 Å². The maximum atomic E-state index is 13.1. The first kappa shape index (κ1) is 18.1. The van der Waals surface area contributed by atoms with Crippen molar-refractivity contribution in [2.24, 2.45) is 0 Å². The second kappa shape index (κ2) is 7.55. The molecular formula is C15H8Cl2F3NO3. The Bertz CT molecular complexity index is 815. The Morgan fingerprint density at radius 1 is 0.958 bits per heavy atom. The summed E-state index contributed by atoms with van der Waals surface area (Å²) in [5.74, 6) is -5.01. The minimum atomic E-state index is -1.28. The molecule has 0 radical (unpaired) electrons. The van der Waals surface area contributed by atoms with Crippen molar-refractivity contribution >= 4 is 40.8 Å². The zero-order chi connectivity index (χ0) is 17.9. The molecule has 0 aromatic heterocycles. The summed E-state index contributed by atoms with van der Waals surface area (Å²) in [6.07, 6.45) is 0. The van der Waals surface area contributed by atoms with Crippen molar-refractivity contribution in [3.8, 4) is 0 Å². The molecule has 0 bridgehead atoms. The molecule has 0 atom stereocenters. The van der Waals surface area contributed by atoms with Crippen LogP contribution in [-0.2, 0) is 9.53 Å². The highest BCUT2D eigenvalue weighted by molar-refractivity contribution is 6.33. The molecule has 1 amide bonds. The van der Waals surface area contributed by atoms with Gasteiger partial charge in [0.05, 0.1) is 15.6 Å². The van der Waals surface area contributed by atoms with Gasteiger partial charge < -0.3 is 10.1 Å². The first-order chi connectivity index (χ1) is 11.3. The Morgan fingerprint density at radius 3 is 2.29 bits per heavy atom. The molecule has 126 valence electrons. The summed E-state index contributed by atoms with van der Waals surface area (Å²) in [6.45, 7) is -0.719. The van der Waals surface area contributed by atoms with Gasteiger partial charge in [0.25, 0.3) is 5.91 Å². The monoisotopic (exact) mass is 377 g/mol. The lowest BCUT2D eigenvalue weighted by atomic mass is 10.2. The standard InChI is InChI=1S/C15H8Cl2F3NO3/c16-9-5-13(20)12(19)4-8(9)15(23)24-6-14(22)21-7-1-2-11(18)10(17)3-7/h1-5H,6H2,(H,21,22). The van der Waals surface area contributed by atoms with Crippen LogP contribution >= 0.6 is 23.2 Å². The molecule has 0 saturated heterocycles. The molecule has 4 nitrogen and oxygen atoms in total. The Labute approximate surface area is 144 Å². The number of anilines is 1. The fourth-order valence-corrected chi connectivity index (χ4v) is 2.07. The van der Waals surface area contributed by atoms with Gasteiger partial charge >= 0.3 is 5.97 Å². The summed E-state index contributed by atoms with van der Waals surface area (Å²) in [5.41, 5.74) is -0.235. The van der Waals surface area contributed by atoms with Crippen molar-refractivity contribution in [2.75, 3.05) is 11.9 Å². The lowest BCUT2D eigenvalue weighted by molar-refractivity contribution is -0.119. The molecule has 24 heavy (non-hydrogen) atoms. The van der Waals surface area contributed by atoms with Crippen LogP contribution in [0.5, 0.6) is 0 Å². The van der Waals surface area contributed by atoms with Gasteiger partial charge in [-0.2, -0.15) is 0 Å². The van der Waals surface area contributed by atoms with Crippen molar-refractivity contribution < 1.29 is 27.5 Å². The zero-order valence-electron chi connectivity index (χ0n) is 11.7. The summed E-state index contributed by atoms with van der Waals surface area (Å²) in [4.78, 5) is 23.4. The van der Waals surface area contributed by atoms with Gasteiger partial charge in [0.1, 0.15) is 5.82 Å². The van der Waals surface area contributed by atoms with Gasteiger partial charge in [0, 0.05) is 5.69 Å². The van der Waals surface area contributed by atoms with Crippen LogP contribution in [0.15, 0.2) is 30.3 Å². The fourth-order valence-electron chi connectivity index (χ4n) is 1.66. The van der Waals surface area contributed by atoms with Gasteiger partial charge in [-0.1, -0.05) is 23.2 Å². The molecule has 0 aliphatic carbocycles. The maximum absolute atomic E-state index is 13.1. The van der Waals surface area contributed by atoms with Crippen molar-refractivity contribution in [3.05, 3.63) is 63.4 Å². The SMILES string of the molecule is O=C(COC(=O)c1cc(F)c(F)cc1Cl)Nc1ccc(F)c(Cl)c1. The molecule has 1 N–H and O–H groups in total. The van der Waals surface area contributed by atoms with Crippen LogP contribution < -0.4 is 5.32 Å². The smallest absolute Gasteiger partial charge is 0.340 e. The van der Waals surface area contributed by atoms with E-state index < -0.39 is 41.5 Å². The minimum Gasteiger partial charge on any atom is -0.452 e. The van der Waals surface area contributed by atoms with E-state index in [4.69, 9.17) is 23.2 Å². The lowest BCUT2D eigenvalue weighted by Gasteiger charge is -2.08. The van der Waals surface area contributed by atoms with Crippen molar-refractivity contribution in [1.82, 2.24) is 0 Å². The Balaban J connectivity index is 1.97. The highest BCUT2D eigenvalue weighted by atomic mass is 35.5. The second-order valence-electron chi connectivity index (χ2n) is 4.50. The maximum Gasteiger partial charge on any atom is 0.340 e. The molecule has 2 aromatic carbocycles. The average molecular weight is 378 g/mol. The minimum absolute atomic E-state index is 0.188. The van der Waals surface area contributed by atoms with E-state index >= 15 is 0 Å². The number of hydrogen-bond donors (Lipinski definition) is 1. The summed E-state index contributed by atoms with van der Waals surface area (Å²) < 4.78 is 43.7. The van der Waals surface area contributed by atoms with Crippen LogP contribution in [0, 0.1) is 17.5 Å². The molecule has 0 heterocycles. The number of hydrogen-bond acceptors (Lipinski definition) is 3. The molecule has 0 saturated carbocycles. The van der Waals surface area contributed by atoms with E-state index in [0.717, 1.165) is 6.07 Å². The number of ether oxygens (including phenoxy) is 1. The summed E-state index contributed by atoms with van der Waals surface area (Å²) in [5, 5.41) is 1.76. The number of carbonyl (C=O) groups is 2. The van der Waals surface area contributed by atoms with Crippen LogP contribution in [0.25, 0.3) is 0 Å². The van der Waals surface area contributed by atoms with Crippen LogP contribution in [0.3, 0.4) is 0 Å². The third-order valence-corrected chi connectivity index (χ3v) is 3.37. The molecule has 0 spiro atoms. The number of rotatable bonds is 4. The van der Waals surface area contributed by atoms with Gasteiger partial charge in [-0.3, -0.25) is 4.79 Å². The van der Waals surface area contributed by atoms with Crippen LogP contribution in [0.1, 0.15) is 10.4 Å². The molecule has 0 unspecified atom stereocenters. The van der Waals surface area contributed by atoms with Crippen molar-refractivity contribution in [1.29, 1.82) is 0 Å². The van der Waals surface area contributed by atoms with Gasteiger partial charge in [-0.25, -0.2) is 18.0 Å². The predicted octanol–water partition coefficient (Wildman–Crippen LogP) is 4.21. The third-order valence-electron chi connectivity index (χ3n) is 2.77. The number of amides is 1. The van der Waals surface area contributed by atoms with E-state index in [1.165, 1.54) is 12.1 Å². The van der Waals surface area contributed by atoms with Gasteiger partial charge in [-0.05, 0) is 30.3 Å². The number of carbonyl (C=O) groups excluding carboxylic acids is 2. The lowest BCUT2D eigenvalue weighted by Crippen LogP contribution is -2.21. The van der Waals surface area contributed by atoms with Crippen LogP contribution in [0.2, 0.25) is 10.0 Å². The number of benzene rings is 2. The van der Waals surface area contributed by atoms with Crippen LogP contribution in [0.4, 0.5) is 18.9 Å². The van der Waals surface area contributed by atoms with Gasteiger partial charge in [-0.15, -0.1) is 0 Å². The third kappa shape index (κ3) is 4.39. The van der Waals surface area contributed by atoms with E-state index in [9.17, 15) is 22.8 Å². The molecule has 0 aliphatic heterocycles. The predicted molar refractivity (Wildman–Crippen MR) is 81.7 cm³/mol. The highest BCUT2D eigenvalue weighted by Crippen LogP contribution is 2.21. The average Bonchev–Trinajstić information content (AvgIpc) is 2.52. The second-order valence-corrected chi connectivity index (χ2v) is 5.31. The fraction of sp³-hybridized carbons (Fsp3) is 0.0667. The molecule has 2 aromatic rings. The number of esters is 1. The summed E-state index contributed by atoms with van der Waals surface area (Å²) >= 11 is 11.2. The van der Waals surface area contributed by atoms with Gasteiger partial charge in [0.2, 0.25) is 0 Å². The van der Waals surface area contributed by atoms with E-state index in [1.54, 1.807) is 0 Å². The highest BCUT2D eigenvalue weighted by Gasteiger charge is 2.17. The molecule has 2 rings (SSSR count).